The molecular formula is C19H30N2O4. The van der Waals surface area contributed by atoms with Gasteiger partial charge in [-0.1, -0.05) is 38.5 Å². The van der Waals surface area contributed by atoms with Crippen LogP contribution in [0.4, 0.5) is 0 Å². The average Bonchev–Trinajstić information content (AvgIpc) is 2.61. The largest absolute Gasteiger partial charge is 0.481 e. The first-order valence-corrected chi connectivity index (χ1v) is 9.77. The van der Waals surface area contributed by atoms with Crippen molar-refractivity contribution in [1.82, 2.24) is 4.90 Å². The molecule has 3 aliphatic rings. The van der Waals surface area contributed by atoms with Crippen molar-refractivity contribution < 1.29 is 19.5 Å². The van der Waals surface area contributed by atoms with E-state index in [-0.39, 0.29) is 5.91 Å². The Morgan fingerprint density at radius 3 is 2.20 bits per heavy atom. The van der Waals surface area contributed by atoms with Crippen molar-refractivity contribution in [2.24, 2.45) is 28.9 Å². The Morgan fingerprint density at radius 2 is 1.60 bits per heavy atom. The topological polar surface area (TPSA) is 101 Å². The molecule has 0 bridgehead atoms. The van der Waals surface area contributed by atoms with Crippen LogP contribution in [0.1, 0.15) is 64.2 Å². The van der Waals surface area contributed by atoms with Crippen LogP contribution in [0.15, 0.2) is 0 Å². The summed E-state index contributed by atoms with van der Waals surface area (Å²) in [6.07, 6.45) is 8.91. The fourth-order valence-electron chi connectivity index (χ4n) is 5.42. The molecule has 3 fully saturated rings. The number of likely N-dealkylation sites (tertiary alicyclic amines) is 1. The summed E-state index contributed by atoms with van der Waals surface area (Å²) in [7, 11) is 0. The third-order valence-electron chi connectivity index (χ3n) is 6.86. The zero-order valence-electron chi connectivity index (χ0n) is 14.9. The van der Waals surface area contributed by atoms with Gasteiger partial charge in [0.15, 0.2) is 0 Å². The molecule has 0 radical (unpaired) electrons. The minimum absolute atomic E-state index is 0.346. The molecule has 140 valence electrons. The molecule has 2 amide bonds. The molecule has 1 saturated heterocycles. The van der Waals surface area contributed by atoms with Gasteiger partial charge in [-0.05, 0) is 37.5 Å². The normalized spacial score (nSPS) is 30.2. The third-order valence-corrected chi connectivity index (χ3v) is 6.86. The molecule has 3 rings (SSSR count). The quantitative estimate of drug-likeness (QED) is 0.759. The Labute approximate surface area is 149 Å². The van der Waals surface area contributed by atoms with Crippen LogP contribution >= 0.6 is 0 Å². The van der Waals surface area contributed by atoms with Gasteiger partial charge in [0.05, 0.1) is 5.41 Å². The molecule has 1 heterocycles. The number of amides is 2. The number of rotatable bonds is 4. The fourth-order valence-corrected chi connectivity index (χ4v) is 5.42. The summed E-state index contributed by atoms with van der Waals surface area (Å²) >= 11 is 0. The highest BCUT2D eigenvalue weighted by Crippen LogP contribution is 2.45. The first-order valence-electron chi connectivity index (χ1n) is 9.77. The van der Waals surface area contributed by atoms with Gasteiger partial charge in [0.25, 0.3) is 0 Å². The molecule has 2 saturated carbocycles. The van der Waals surface area contributed by atoms with Gasteiger partial charge in [-0.15, -0.1) is 0 Å². The number of primary amides is 1. The van der Waals surface area contributed by atoms with Crippen molar-refractivity contribution in [3.8, 4) is 0 Å². The standard InChI is InChI=1S/C19H30N2O4/c20-16(22)15(19(18(24)25)9-4-1-5-10-19)17(23)21-11-8-13-6-2-3-7-14(13)12-21/h13-15H,1-12H2,(H2,20,22)(H,24,25). The maximum atomic E-state index is 13.2. The molecule has 1 aliphatic heterocycles. The molecule has 25 heavy (non-hydrogen) atoms. The van der Waals surface area contributed by atoms with Crippen LogP contribution in [-0.2, 0) is 14.4 Å². The summed E-state index contributed by atoms with van der Waals surface area (Å²) < 4.78 is 0. The number of hydrogen-bond acceptors (Lipinski definition) is 3. The highest BCUT2D eigenvalue weighted by atomic mass is 16.4. The van der Waals surface area contributed by atoms with Crippen molar-refractivity contribution in [3.05, 3.63) is 0 Å². The molecule has 3 unspecified atom stereocenters. The smallest absolute Gasteiger partial charge is 0.310 e. The molecular weight excluding hydrogens is 320 g/mol. The lowest BCUT2D eigenvalue weighted by molar-refractivity contribution is -0.167. The number of carboxylic acid groups (broad SMARTS) is 1. The molecule has 6 nitrogen and oxygen atoms in total. The summed E-state index contributed by atoms with van der Waals surface area (Å²) in [5.74, 6) is -2.23. The van der Waals surface area contributed by atoms with E-state index in [1.165, 1.54) is 19.3 Å². The van der Waals surface area contributed by atoms with Crippen molar-refractivity contribution in [3.63, 3.8) is 0 Å². The van der Waals surface area contributed by atoms with Gasteiger partial charge >= 0.3 is 5.97 Å². The summed E-state index contributed by atoms with van der Waals surface area (Å²) in [4.78, 5) is 39.2. The van der Waals surface area contributed by atoms with Crippen LogP contribution in [0.5, 0.6) is 0 Å². The molecule has 0 aromatic heterocycles. The van der Waals surface area contributed by atoms with E-state index in [1.807, 2.05) is 0 Å². The SMILES string of the molecule is NC(=O)C(C(=O)N1CCC2CCCCC2C1)C1(C(=O)O)CCCCC1. The Kier molecular flexibility index (Phi) is 5.35. The second-order valence-corrected chi connectivity index (χ2v) is 8.23. The number of aliphatic carboxylic acids is 1. The summed E-state index contributed by atoms with van der Waals surface area (Å²) in [6.45, 7) is 1.28. The third kappa shape index (κ3) is 3.40. The molecule has 0 aromatic carbocycles. The maximum absolute atomic E-state index is 13.2. The second-order valence-electron chi connectivity index (χ2n) is 8.23. The van der Waals surface area contributed by atoms with Crippen molar-refractivity contribution in [2.75, 3.05) is 13.1 Å². The number of nitrogens with two attached hydrogens (primary N) is 1. The zero-order chi connectivity index (χ0) is 18.0. The Hall–Kier alpha value is -1.59. The number of carboxylic acids is 1. The van der Waals surface area contributed by atoms with Gasteiger partial charge in [0.2, 0.25) is 11.8 Å². The maximum Gasteiger partial charge on any atom is 0.310 e. The lowest BCUT2D eigenvalue weighted by Gasteiger charge is -2.44. The number of fused-ring (bicyclic) bond motifs is 1. The molecule has 0 aromatic rings. The van der Waals surface area contributed by atoms with Crippen LogP contribution in [0.3, 0.4) is 0 Å². The molecule has 6 heteroatoms. The molecule has 0 spiro atoms. The molecule has 3 atom stereocenters. The van der Waals surface area contributed by atoms with Gasteiger partial charge < -0.3 is 15.7 Å². The van der Waals surface area contributed by atoms with Gasteiger partial charge in [-0.25, -0.2) is 0 Å². The van der Waals surface area contributed by atoms with Crippen LogP contribution < -0.4 is 5.73 Å². The Morgan fingerprint density at radius 1 is 0.960 bits per heavy atom. The zero-order valence-corrected chi connectivity index (χ0v) is 14.9. The van der Waals surface area contributed by atoms with E-state index in [0.29, 0.717) is 37.8 Å². The van der Waals surface area contributed by atoms with Gasteiger partial charge in [0.1, 0.15) is 5.92 Å². The minimum Gasteiger partial charge on any atom is -0.481 e. The lowest BCUT2D eigenvalue weighted by atomic mass is 9.64. The van der Waals surface area contributed by atoms with Crippen molar-refractivity contribution in [1.29, 1.82) is 0 Å². The lowest BCUT2D eigenvalue weighted by Crippen LogP contribution is -2.56. The molecule has 2 aliphatic carbocycles. The predicted molar refractivity (Wildman–Crippen MR) is 92.5 cm³/mol. The van der Waals surface area contributed by atoms with E-state index in [0.717, 1.165) is 32.1 Å². The van der Waals surface area contributed by atoms with Crippen LogP contribution in [-0.4, -0.2) is 40.9 Å². The van der Waals surface area contributed by atoms with Crippen LogP contribution in [0.2, 0.25) is 0 Å². The van der Waals surface area contributed by atoms with Crippen molar-refractivity contribution in [2.45, 2.75) is 64.2 Å². The number of hydrogen-bond donors (Lipinski definition) is 2. The van der Waals surface area contributed by atoms with Crippen LogP contribution in [0, 0.1) is 23.2 Å². The van der Waals surface area contributed by atoms with E-state index in [1.54, 1.807) is 4.90 Å². The highest BCUT2D eigenvalue weighted by Gasteiger charge is 2.54. The summed E-state index contributed by atoms with van der Waals surface area (Å²) in [5, 5.41) is 9.86. The van der Waals surface area contributed by atoms with Gasteiger partial charge in [0, 0.05) is 13.1 Å². The summed E-state index contributed by atoms with van der Waals surface area (Å²) in [6, 6.07) is 0. The number of piperidine rings is 1. The monoisotopic (exact) mass is 350 g/mol. The van der Waals surface area contributed by atoms with Gasteiger partial charge in [-0.2, -0.15) is 0 Å². The molecule has 3 N–H and O–H groups in total. The predicted octanol–water partition coefficient (Wildman–Crippen LogP) is 2.16. The van der Waals surface area contributed by atoms with E-state index in [4.69, 9.17) is 5.73 Å². The first-order chi connectivity index (χ1) is 12.0. The van der Waals surface area contributed by atoms with E-state index in [2.05, 4.69) is 0 Å². The number of carbonyl (C=O) groups excluding carboxylic acids is 2. The average molecular weight is 350 g/mol. The van der Waals surface area contributed by atoms with E-state index < -0.39 is 23.2 Å². The Balaban J connectivity index is 1.81. The highest BCUT2D eigenvalue weighted by molar-refractivity contribution is 6.04. The van der Waals surface area contributed by atoms with E-state index in [9.17, 15) is 19.5 Å². The Bertz CT molecular complexity index is 542. The fraction of sp³-hybridized carbons (Fsp3) is 0.842. The van der Waals surface area contributed by atoms with Gasteiger partial charge in [-0.3, -0.25) is 14.4 Å². The second kappa shape index (κ2) is 7.34. The number of carbonyl (C=O) groups is 3. The van der Waals surface area contributed by atoms with E-state index >= 15 is 0 Å². The first kappa shape index (κ1) is 18.2. The summed E-state index contributed by atoms with van der Waals surface area (Å²) in [5.41, 5.74) is 4.27. The van der Waals surface area contributed by atoms with Crippen LogP contribution in [0.25, 0.3) is 0 Å². The van der Waals surface area contributed by atoms with Crippen molar-refractivity contribution >= 4 is 17.8 Å². The minimum atomic E-state index is -1.31. The number of nitrogens with zero attached hydrogens (tertiary/aromatic N) is 1.